The van der Waals surface area contributed by atoms with Gasteiger partial charge in [-0.1, -0.05) is 11.6 Å². The maximum atomic E-state index is 8.68. The Kier molecular flexibility index (Phi) is 4.27. The maximum Gasteiger partial charge on any atom is 0.151 e. The molecule has 0 saturated heterocycles. The lowest BCUT2D eigenvalue weighted by Gasteiger charge is -2.28. The number of anilines is 2. The molecule has 0 radical (unpaired) electrons. The maximum absolute atomic E-state index is 8.68. The van der Waals surface area contributed by atoms with E-state index in [9.17, 15) is 0 Å². The van der Waals surface area contributed by atoms with Crippen molar-refractivity contribution in [3.05, 3.63) is 17.3 Å². The van der Waals surface area contributed by atoms with Crippen molar-refractivity contribution in [3.8, 4) is 6.07 Å². The highest BCUT2D eigenvalue weighted by molar-refractivity contribution is 6.29. The number of nitrogens with zero attached hydrogens (tertiary/aromatic N) is 2. The van der Waals surface area contributed by atoms with Crippen molar-refractivity contribution >= 4 is 23.1 Å². The zero-order valence-electron chi connectivity index (χ0n) is 10.2. The molecule has 2 rings (SSSR count). The molecular weight excluding hydrogens is 248 g/mol. The first-order valence-electron chi connectivity index (χ1n) is 6.24. The molecule has 1 aromatic rings. The zero-order valence-corrected chi connectivity index (χ0v) is 11.0. The van der Waals surface area contributed by atoms with E-state index in [1.165, 1.54) is 0 Å². The number of aromatic nitrogens is 1. The number of hydrogen-bond acceptors (Lipinski definition) is 4. The Balaban J connectivity index is 1.92. The number of nitrogens with one attached hydrogen (secondary N) is 1. The summed E-state index contributed by atoms with van der Waals surface area (Å²) in [5.74, 6) is 1.23. The molecule has 0 aliphatic heterocycles. The van der Waals surface area contributed by atoms with E-state index in [4.69, 9.17) is 22.6 Å². The molecule has 1 fully saturated rings. The normalized spacial score (nSPS) is 23.3. The second-order valence-corrected chi connectivity index (χ2v) is 5.18. The summed E-state index contributed by atoms with van der Waals surface area (Å²) >= 11 is 5.86. The molecule has 0 aromatic carbocycles. The van der Waals surface area contributed by atoms with E-state index < -0.39 is 0 Å². The van der Waals surface area contributed by atoms with Gasteiger partial charge in [0.25, 0.3) is 0 Å². The van der Waals surface area contributed by atoms with Crippen LogP contribution in [0.25, 0.3) is 0 Å². The number of halogens is 1. The van der Waals surface area contributed by atoms with Crippen LogP contribution in [0.4, 0.5) is 11.5 Å². The molecule has 0 atom stereocenters. The van der Waals surface area contributed by atoms with Crippen LogP contribution >= 0.6 is 11.6 Å². The first kappa shape index (κ1) is 13.0. The van der Waals surface area contributed by atoms with Crippen molar-refractivity contribution in [3.63, 3.8) is 0 Å². The Labute approximate surface area is 112 Å². The summed E-state index contributed by atoms with van der Waals surface area (Å²) in [5.41, 5.74) is 6.48. The van der Waals surface area contributed by atoms with Crippen LogP contribution in [0.1, 0.15) is 32.1 Å². The van der Waals surface area contributed by atoms with Gasteiger partial charge in [-0.15, -0.1) is 0 Å². The van der Waals surface area contributed by atoms with E-state index in [1.54, 1.807) is 12.1 Å². The van der Waals surface area contributed by atoms with Crippen LogP contribution in [0, 0.1) is 17.2 Å². The standard InChI is InChI=1S/C13H17ClN4/c14-12-6-5-11(16)13(18-12)17-10-3-1-9(2-4-10)7-8-15/h5-6,9-10H,1-4,7,16H2,(H,17,18). The third kappa shape index (κ3) is 3.27. The second kappa shape index (κ2) is 5.92. The average molecular weight is 265 g/mol. The lowest BCUT2D eigenvalue weighted by Crippen LogP contribution is -2.26. The Bertz CT molecular complexity index is 447. The highest BCUT2D eigenvalue weighted by atomic mass is 35.5. The largest absolute Gasteiger partial charge is 0.396 e. The zero-order chi connectivity index (χ0) is 13.0. The Morgan fingerprint density at radius 1 is 1.39 bits per heavy atom. The van der Waals surface area contributed by atoms with Gasteiger partial charge in [-0.3, -0.25) is 0 Å². The van der Waals surface area contributed by atoms with E-state index in [0.717, 1.165) is 25.7 Å². The lowest BCUT2D eigenvalue weighted by atomic mass is 9.84. The fourth-order valence-electron chi connectivity index (χ4n) is 2.40. The molecule has 5 heteroatoms. The smallest absolute Gasteiger partial charge is 0.151 e. The third-order valence-corrected chi connectivity index (χ3v) is 3.67. The molecule has 96 valence electrons. The van der Waals surface area contributed by atoms with E-state index >= 15 is 0 Å². The number of pyridine rings is 1. The van der Waals surface area contributed by atoms with Gasteiger partial charge < -0.3 is 11.1 Å². The molecule has 18 heavy (non-hydrogen) atoms. The number of hydrogen-bond donors (Lipinski definition) is 2. The molecule has 1 heterocycles. The highest BCUT2D eigenvalue weighted by Crippen LogP contribution is 2.29. The Morgan fingerprint density at radius 2 is 2.11 bits per heavy atom. The van der Waals surface area contributed by atoms with Gasteiger partial charge in [-0.2, -0.15) is 5.26 Å². The molecule has 1 saturated carbocycles. The van der Waals surface area contributed by atoms with Gasteiger partial charge in [-0.05, 0) is 43.7 Å². The van der Waals surface area contributed by atoms with Crippen LogP contribution in [0.5, 0.6) is 0 Å². The van der Waals surface area contributed by atoms with Crippen LogP contribution in [0.2, 0.25) is 5.15 Å². The SMILES string of the molecule is N#CCC1CCC(Nc2nc(Cl)ccc2N)CC1. The Morgan fingerprint density at radius 3 is 2.78 bits per heavy atom. The number of rotatable bonds is 3. The fourth-order valence-corrected chi connectivity index (χ4v) is 2.54. The summed E-state index contributed by atoms with van der Waals surface area (Å²) in [7, 11) is 0. The number of nitriles is 1. The quantitative estimate of drug-likeness (QED) is 0.822. The van der Waals surface area contributed by atoms with Crippen LogP contribution in [0.3, 0.4) is 0 Å². The van der Waals surface area contributed by atoms with E-state index in [0.29, 0.717) is 35.0 Å². The van der Waals surface area contributed by atoms with E-state index in [-0.39, 0.29) is 0 Å². The van der Waals surface area contributed by atoms with Crippen LogP contribution in [0.15, 0.2) is 12.1 Å². The van der Waals surface area contributed by atoms with Crippen molar-refractivity contribution < 1.29 is 0 Å². The molecule has 1 aromatic heterocycles. The van der Waals surface area contributed by atoms with Crippen molar-refractivity contribution in [2.24, 2.45) is 5.92 Å². The Hall–Kier alpha value is -1.47. The van der Waals surface area contributed by atoms with Gasteiger partial charge in [0.2, 0.25) is 0 Å². The minimum absolute atomic E-state index is 0.383. The number of nitrogens with two attached hydrogens (primary N) is 1. The molecule has 0 spiro atoms. The first-order valence-corrected chi connectivity index (χ1v) is 6.62. The topological polar surface area (TPSA) is 74.7 Å². The predicted octanol–water partition coefficient (Wildman–Crippen LogP) is 3.20. The van der Waals surface area contributed by atoms with Crippen molar-refractivity contribution in [2.45, 2.75) is 38.1 Å². The highest BCUT2D eigenvalue weighted by Gasteiger charge is 2.21. The molecule has 4 nitrogen and oxygen atoms in total. The van der Waals surface area contributed by atoms with Gasteiger partial charge >= 0.3 is 0 Å². The molecule has 1 aliphatic carbocycles. The summed E-state index contributed by atoms with van der Waals surface area (Å²) in [6.45, 7) is 0. The summed E-state index contributed by atoms with van der Waals surface area (Å²) in [6, 6.07) is 6.08. The molecule has 0 amide bonds. The van der Waals surface area contributed by atoms with Gasteiger partial charge in [0, 0.05) is 12.5 Å². The van der Waals surface area contributed by atoms with Gasteiger partial charge in [0.05, 0.1) is 11.8 Å². The second-order valence-electron chi connectivity index (χ2n) is 4.80. The van der Waals surface area contributed by atoms with Gasteiger partial charge in [-0.25, -0.2) is 4.98 Å². The monoisotopic (exact) mass is 264 g/mol. The molecule has 0 unspecified atom stereocenters. The minimum atomic E-state index is 0.383. The van der Waals surface area contributed by atoms with Crippen molar-refractivity contribution in [1.29, 1.82) is 5.26 Å². The predicted molar refractivity (Wildman–Crippen MR) is 73.3 cm³/mol. The lowest BCUT2D eigenvalue weighted by molar-refractivity contribution is 0.342. The first-order chi connectivity index (χ1) is 8.69. The summed E-state index contributed by atoms with van der Waals surface area (Å²) in [6.07, 6.45) is 4.96. The molecule has 1 aliphatic rings. The summed E-state index contributed by atoms with van der Waals surface area (Å²) in [4.78, 5) is 4.20. The molecule has 3 N–H and O–H groups in total. The summed E-state index contributed by atoms with van der Waals surface area (Å²) < 4.78 is 0. The van der Waals surface area contributed by atoms with E-state index in [2.05, 4.69) is 16.4 Å². The van der Waals surface area contributed by atoms with Crippen LogP contribution < -0.4 is 11.1 Å². The van der Waals surface area contributed by atoms with Gasteiger partial charge in [0.1, 0.15) is 5.15 Å². The average Bonchev–Trinajstić information content (AvgIpc) is 2.37. The van der Waals surface area contributed by atoms with Crippen molar-refractivity contribution in [2.75, 3.05) is 11.1 Å². The molecule has 0 bridgehead atoms. The van der Waals surface area contributed by atoms with E-state index in [1.807, 2.05) is 0 Å². The third-order valence-electron chi connectivity index (χ3n) is 3.46. The minimum Gasteiger partial charge on any atom is -0.396 e. The van der Waals surface area contributed by atoms with Gasteiger partial charge in [0.15, 0.2) is 5.82 Å². The summed E-state index contributed by atoms with van der Waals surface area (Å²) in [5, 5.41) is 12.5. The van der Waals surface area contributed by atoms with Crippen molar-refractivity contribution in [1.82, 2.24) is 4.98 Å². The van der Waals surface area contributed by atoms with Crippen LogP contribution in [-0.4, -0.2) is 11.0 Å². The number of nitrogen functional groups attached to an aromatic ring is 1. The fraction of sp³-hybridized carbons (Fsp3) is 0.538. The molecular formula is C13H17ClN4. The van der Waals surface area contributed by atoms with Crippen LogP contribution in [-0.2, 0) is 0 Å².